The Labute approximate surface area is 191 Å². The molecule has 1 aliphatic heterocycles. The summed E-state index contributed by atoms with van der Waals surface area (Å²) in [5, 5.41) is 13.8. The number of carbonyl (C=O) groups excluding carboxylic acids is 1. The minimum Gasteiger partial charge on any atom is -0.437 e. The number of piperazine rings is 1. The molecule has 0 atom stereocenters. The van der Waals surface area contributed by atoms with E-state index in [0.29, 0.717) is 11.5 Å². The normalized spacial score (nSPS) is 14.4. The second kappa shape index (κ2) is 9.01. The predicted molar refractivity (Wildman–Crippen MR) is 129 cm³/mol. The maximum Gasteiger partial charge on any atom is 0.376 e. The zero-order chi connectivity index (χ0) is 22.8. The third-order valence-corrected chi connectivity index (χ3v) is 5.93. The van der Waals surface area contributed by atoms with Gasteiger partial charge in [0.2, 0.25) is 0 Å². The zero-order valence-electron chi connectivity index (χ0n) is 18.3. The lowest BCUT2D eigenvalue weighted by atomic mass is 9.84. The summed E-state index contributed by atoms with van der Waals surface area (Å²) in [6, 6.07) is 11.4. The molecule has 4 heterocycles. The number of nitrogens with one attached hydrogen (secondary N) is 2. The number of pyridine rings is 1. The lowest BCUT2D eigenvalue weighted by molar-refractivity contribution is 0.102. The molecule has 1 saturated heterocycles. The van der Waals surface area contributed by atoms with Gasteiger partial charge in [-0.1, -0.05) is 0 Å². The fourth-order valence-electron chi connectivity index (χ4n) is 4.10. The van der Waals surface area contributed by atoms with Crippen LogP contribution in [0.1, 0.15) is 10.5 Å². The van der Waals surface area contributed by atoms with Gasteiger partial charge >= 0.3 is 7.05 Å². The van der Waals surface area contributed by atoms with Crippen LogP contribution in [0.4, 0.5) is 11.4 Å². The highest BCUT2D eigenvalue weighted by Crippen LogP contribution is 2.27. The smallest absolute Gasteiger partial charge is 0.376 e. The second-order valence-electron chi connectivity index (χ2n) is 8.05. The average molecular weight is 441 g/mol. The monoisotopic (exact) mass is 441 g/mol. The van der Waals surface area contributed by atoms with Crippen molar-refractivity contribution >= 4 is 35.2 Å². The summed E-state index contributed by atoms with van der Waals surface area (Å²) < 4.78 is 0. The summed E-state index contributed by atoms with van der Waals surface area (Å²) in [6.07, 6.45) is 6.84. The number of hydrogen-bond donors (Lipinski definition) is 3. The van der Waals surface area contributed by atoms with Crippen LogP contribution in [0.5, 0.6) is 0 Å². The van der Waals surface area contributed by atoms with Crippen LogP contribution in [0.15, 0.2) is 61.2 Å². The van der Waals surface area contributed by atoms with Crippen LogP contribution in [0.2, 0.25) is 6.82 Å². The topological polar surface area (TPSA) is 110 Å². The molecule has 1 fully saturated rings. The van der Waals surface area contributed by atoms with E-state index in [4.69, 9.17) is 0 Å². The van der Waals surface area contributed by atoms with E-state index in [1.165, 1.54) is 0 Å². The molecule has 0 saturated carbocycles. The lowest BCUT2D eigenvalue weighted by Gasteiger charge is -2.37. The molecule has 10 heteroatoms. The van der Waals surface area contributed by atoms with Gasteiger partial charge in [-0.3, -0.25) is 9.78 Å². The van der Waals surface area contributed by atoms with Gasteiger partial charge in [-0.15, -0.1) is 0 Å². The number of amides is 1. The minimum absolute atomic E-state index is 0.280. The fraction of sp³-hybridized carbons (Fsp3) is 0.217. The Morgan fingerprint density at radius 2 is 1.97 bits per heavy atom. The van der Waals surface area contributed by atoms with E-state index >= 15 is 0 Å². The fourth-order valence-corrected chi connectivity index (χ4v) is 4.10. The molecule has 0 bridgehead atoms. The molecule has 1 aromatic carbocycles. The van der Waals surface area contributed by atoms with Gasteiger partial charge < -0.3 is 25.0 Å². The molecule has 4 aromatic rings. The Morgan fingerprint density at radius 1 is 1.12 bits per heavy atom. The number of aromatic nitrogens is 4. The zero-order valence-corrected chi connectivity index (χ0v) is 18.3. The first-order valence-electron chi connectivity index (χ1n) is 10.9. The van der Waals surface area contributed by atoms with Gasteiger partial charge in [-0.05, 0) is 43.2 Å². The number of benzene rings is 1. The maximum absolute atomic E-state index is 13.1. The molecule has 0 aliphatic carbocycles. The first-order valence-corrected chi connectivity index (χ1v) is 10.9. The Balaban J connectivity index is 1.35. The number of carbonyl (C=O) groups is 1. The summed E-state index contributed by atoms with van der Waals surface area (Å²) in [6.45, 7) is 4.76. The van der Waals surface area contributed by atoms with Gasteiger partial charge in [0.1, 0.15) is 5.69 Å². The molecule has 0 spiro atoms. The van der Waals surface area contributed by atoms with E-state index in [-0.39, 0.29) is 11.6 Å². The number of fused-ring (bicyclic) bond motifs is 1. The highest BCUT2D eigenvalue weighted by Gasteiger charge is 2.24. The summed E-state index contributed by atoms with van der Waals surface area (Å²) in [5.41, 5.74) is 3.68. The molecule has 1 amide bonds. The number of aromatic amines is 1. The van der Waals surface area contributed by atoms with Crippen molar-refractivity contribution < 1.29 is 9.82 Å². The van der Waals surface area contributed by atoms with Crippen molar-refractivity contribution in [2.75, 3.05) is 36.4 Å². The minimum atomic E-state index is -0.464. The van der Waals surface area contributed by atoms with E-state index < -0.39 is 7.05 Å². The van der Waals surface area contributed by atoms with Gasteiger partial charge in [-0.25, -0.2) is 9.97 Å². The Hall–Kier alpha value is -3.76. The van der Waals surface area contributed by atoms with Crippen LogP contribution in [0.3, 0.4) is 0 Å². The van der Waals surface area contributed by atoms with Crippen molar-refractivity contribution in [3.05, 3.63) is 66.9 Å². The lowest BCUT2D eigenvalue weighted by Crippen LogP contribution is -2.51. The van der Waals surface area contributed by atoms with Gasteiger partial charge in [0, 0.05) is 61.2 Å². The molecule has 3 aromatic heterocycles. The van der Waals surface area contributed by atoms with E-state index in [1.54, 1.807) is 31.5 Å². The molecule has 166 valence electrons. The Morgan fingerprint density at radius 3 is 2.79 bits per heavy atom. The molecule has 0 radical (unpaired) electrons. The van der Waals surface area contributed by atoms with Crippen LogP contribution in [-0.4, -0.2) is 68.9 Å². The highest BCUT2D eigenvalue weighted by molar-refractivity contribution is 6.45. The first-order chi connectivity index (χ1) is 16.1. The number of anilines is 2. The average Bonchev–Trinajstić information content (AvgIpc) is 3.32. The third kappa shape index (κ3) is 4.43. The summed E-state index contributed by atoms with van der Waals surface area (Å²) in [5.74, 6) is 0.171. The Kier molecular flexibility index (Phi) is 5.76. The SMILES string of the molecule is CB(O)N1CCN(c2ccncc2NC(=O)c2ccnc(-c3ccc4[nH]ccc4c3)n2)CC1. The van der Waals surface area contributed by atoms with Crippen LogP contribution in [0.25, 0.3) is 22.3 Å². The third-order valence-electron chi connectivity index (χ3n) is 5.93. The largest absolute Gasteiger partial charge is 0.437 e. The van der Waals surface area contributed by atoms with Crippen molar-refractivity contribution in [3.63, 3.8) is 0 Å². The van der Waals surface area contributed by atoms with E-state index in [9.17, 15) is 9.82 Å². The maximum atomic E-state index is 13.1. The summed E-state index contributed by atoms with van der Waals surface area (Å²) >= 11 is 0. The number of rotatable bonds is 5. The van der Waals surface area contributed by atoms with E-state index in [2.05, 4.69) is 30.2 Å². The number of hydrogen-bond acceptors (Lipinski definition) is 7. The second-order valence-corrected chi connectivity index (χ2v) is 8.05. The van der Waals surface area contributed by atoms with Crippen molar-refractivity contribution in [1.82, 2.24) is 24.7 Å². The van der Waals surface area contributed by atoms with E-state index in [1.807, 2.05) is 41.3 Å². The molecule has 9 nitrogen and oxygen atoms in total. The van der Waals surface area contributed by atoms with Crippen molar-refractivity contribution in [3.8, 4) is 11.4 Å². The van der Waals surface area contributed by atoms with Gasteiger partial charge in [0.05, 0.1) is 17.6 Å². The van der Waals surface area contributed by atoms with Crippen LogP contribution < -0.4 is 10.2 Å². The van der Waals surface area contributed by atoms with E-state index in [0.717, 1.165) is 48.3 Å². The summed E-state index contributed by atoms with van der Waals surface area (Å²) in [7, 11) is -0.464. The Bertz CT molecular complexity index is 1280. The van der Waals surface area contributed by atoms with Gasteiger partial charge in [-0.2, -0.15) is 0 Å². The molecule has 0 unspecified atom stereocenters. The molecule has 3 N–H and O–H groups in total. The molecule has 33 heavy (non-hydrogen) atoms. The quantitative estimate of drug-likeness (QED) is 0.408. The van der Waals surface area contributed by atoms with Crippen LogP contribution in [-0.2, 0) is 0 Å². The van der Waals surface area contributed by atoms with Crippen LogP contribution >= 0.6 is 0 Å². The van der Waals surface area contributed by atoms with Crippen LogP contribution in [0, 0.1) is 0 Å². The van der Waals surface area contributed by atoms with Crippen molar-refractivity contribution in [2.45, 2.75) is 6.82 Å². The molecule has 5 rings (SSSR count). The highest BCUT2D eigenvalue weighted by atomic mass is 16.2. The molecular formula is C23H24BN7O2. The predicted octanol–water partition coefficient (Wildman–Crippen LogP) is 2.50. The standard InChI is InChI=1S/C23H24BN7O2/c1-24(33)31-12-10-30(11-13-31)21-6-7-25-15-20(21)29-23(32)19-5-9-27-22(28-19)17-2-3-18-16(14-17)4-8-26-18/h2-9,14-15,26,33H,10-13H2,1H3,(H,29,32). The van der Waals surface area contributed by atoms with Crippen molar-refractivity contribution in [1.29, 1.82) is 0 Å². The molecular weight excluding hydrogens is 417 g/mol. The number of H-pyrrole nitrogens is 1. The van der Waals surface area contributed by atoms with Gasteiger partial charge in [0.25, 0.3) is 5.91 Å². The first kappa shape index (κ1) is 21.1. The summed E-state index contributed by atoms with van der Waals surface area (Å²) in [4.78, 5) is 33.5. The van der Waals surface area contributed by atoms with Crippen molar-refractivity contribution in [2.24, 2.45) is 0 Å². The molecule has 1 aliphatic rings. The van der Waals surface area contributed by atoms with Gasteiger partial charge in [0.15, 0.2) is 5.82 Å². The number of nitrogens with zero attached hydrogens (tertiary/aromatic N) is 5.